The van der Waals surface area contributed by atoms with Crippen molar-refractivity contribution in [2.75, 3.05) is 0 Å². The maximum Gasteiger partial charge on any atom is 0.159 e. The van der Waals surface area contributed by atoms with Crippen molar-refractivity contribution in [3.8, 4) is 11.3 Å². The molecular formula is C15H11F2N. The number of rotatable bonds is 1. The third-order valence-corrected chi connectivity index (χ3v) is 3.17. The standard InChI is InChI=1S/C15H11F2N/c1-18-14-5-3-2-4-10(14)9-15(18)11-6-7-12(16)13(17)8-11/h2-9H,1H3. The van der Waals surface area contributed by atoms with Gasteiger partial charge >= 0.3 is 0 Å². The van der Waals surface area contributed by atoms with Crippen molar-refractivity contribution in [3.05, 3.63) is 60.2 Å². The fourth-order valence-electron chi connectivity index (χ4n) is 2.22. The summed E-state index contributed by atoms with van der Waals surface area (Å²) in [6, 6.07) is 13.9. The molecule has 0 aliphatic rings. The van der Waals surface area contributed by atoms with Crippen LogP contribution in [0.3, 0.4) is 0 Å². The average molecular weight is 243 g/mol. The van der Waals surface area contributed by atoms with Crippen molar-refractivity contribution >= 4 is 10.9 Å². The summed E-state index contributed by atoms with van der Waals surface area (Å²) < 4.78 is 28.2. The van der Waals surface area contributed by atoms with E-state index in [1.807, 2.05) is 41.9 Å². The van der Waals surface area contributed by atoms with E-state index >= 15 is 0 Å². The van der Waals surface area contributed by atoms with Crippen LogP contribution in [-0.4, -0.2) is 4.57 Å². The van der Waals surface area contributed by atoms with E-state index in [2.05, 4.69) is 0 Å². The minimum absolute atomic E-state index is 0.674. The number of hydrogen-bond donors (Lipinski definition) is 0. The molecule has 0 bridgehead atoms. The smallest absolute Gasteiger partial charge is 0.159 e. The Balaban J connectivity index is 2.25. The lowest BCUT2D eigenvalue weighted by atomic mass is 10.1. The summed E-state index contributed by atoms with van der Waals surface area (Å²) >= 11 is 0. The molecule has 0 N–H and O–H groups in total. The van der Waals surface area contributed by atoms with Crippen LogP contribution in [0.4, 0.5) is 8.78 Å². The summed E-state index contributed by atoms with van der Waals surface area (Å²) in [6.07, 6.45) is 0. The van der Waals surface area contributed by atoms with Gasteiger partial charge in [-0.1, -0.05) is 18.2 Å². The lowest BCUT2D eigenvalue weighted by Gasteiger charge is -2.04. The third-order valence-electron chi connectivity index (χ3n) is 3.17. The molecule has 0 saturated heterocycles. The summed E-state index contributed by atoms with van der Waals surface area (Å²) in [7, 11) is 1.92. The quantitative estimate of drug-likeness (QED) is 0.605. The maximum absolute atomic E-state index is 13.3. The van der Waals surface area contributed by atoms with Gasteiger partial charge in [0.05, 0.1) is 0 Å². The van der Waals surface area contributed by atoms with Gasteiger partial charge in [0, 0.05) is 29.2 Å². The molecule has 0 saturated carbocycles. The van der Waals surface area contributed by atoms with Crippen LogP contribution < -0.4 is 0 Å². The van der Waals surface area contributed by atoms with Gasteiger partial charge in [-0.3, -0.25) is 0 Å². The predicted octanol–water partition coefficient (Wildman–Crippen LogP) is 4.12. The highest BCUT2D eigenvalue weighted by Crippen LogP contribution is 2.27. The number of hydrogen-bond acceptors (Lipinski definition) is 0. The van der Waals surface area contributed by atoms with Crippen LogP contribution in [0.15, 0.2) is 48.5 Å². The first-order valence-corrected chi connectivity index (χ1v) is 5.67. The van der Waals surface area contributed by atoms with Crippen LogP contribution in [0.1, 0.15) is 0 Å². The molecule has 0 fully saturated rings. The Labute approximate surface area is 103 Å². The molecule has 1 nitrogen and oxygen atoms in total. The Bertz CT molecular complexity index is 728. The van der Waals surface area contributed by atoms with E-state index in [4.69, 9.17) is 0 Å². The summed E-state index contributed by atoms with van der Waals surface area (Å²) in [5.41, 5.74) is 2.61. The molecule has 18 heavy (non-hydrogen) atoms. The van der Waals surface area contributed by atoms with Crippen LogP contribution >= 0.6 is 0 Å². The zero-order chi connectivity index (χ0) is 12.7. The van der Waals surface area contributed by atoms with Crippen LogP contribution in [-0.2, 0) is 7.05 Å². The zero-order valence-electron chi connectivity index (χ0n) is 9.82. The Hall–Kier alpha value is -2.16. The van der Waals surface area contributed by atoms with Crippen molar-refractivity contribution in [2.45, 2.75) is 0 Å². The second-order valence-corrected chi connectivity index (χ2v) is 4.28. The van der Waals surface area contributed by atoms with Gasteiger partial charge in [-0.15, -0.1) is 0 Å². The second-order valence-electron chi connectivity index (χ2n) is 4.28. The van der Waals surface area contributed by atoms with Gasteiger partial charge in [-0.2, -0.15) is 0 Å². The van der Waals surface area contributed by atoms with Gasteiger partial charge in [0.25, 0.3) is 0 Å². The lowest BCUT2D eigenvalue weighted by Crippen LogP contribution is -1.92. The first kappa shape index (κ1) is 11.0. The fourth-order valence-corrected chi connectivity index (χ4v) is 2.22. The Morgan fingerprint density at radius 3 is 2.39 bits per heavy atom. The van der Waals surface area contributed by atoms with Crippen LogP contribution in [0.25, 0.3) is 22.2 Å². The van der Waals surface area contributed by atoms with Crippen LogP contribution in [0.2, 0.25) is 0 Å². The van der Waals surface area contributed by atoms with Gasteiger partial charge in [-0.25, -0.2) is 8.78 Å². The van der Waals surface area contributed by atoms with E-state index in [0.717, 1.165) is 22.7 Å². The average Bonchev–Trinajstić information content (AvgIpc) is 2.71. The molecular weight excluding hydrogens is 232 g/mol. The second kappa shape index (κ2) is 3.95. The molecule has 3 aromatic rings. The number of halogens is 2. The van der Waals surface area contributed by atoms with Gasteiger partial charge in [0.2, 0.25) is 0 Å². The number of aromatic nitrogens is 1. The Kier molecular flexibility index (Phi) is 2.40. The molecule has 2 aromatic carbocycles. The van der Waals surface area contributed by atoms with E-state index in [-0.39, 0.29) is 0 Å². The van der Waals surface area contributed by atoms with Crippen molar-refractivity contribution in [2.24, 2.45) is 7.05 Å². The molecule has 0 atom stereocenters. The Morgan fingerprint density at radius 1 is 0.889 bits per heavy atom. The highest BCUT2D eigenvalue weighted by atomic mass is 19.2. The highest BCUT2D eigenvalue weighted by molar-refractivity contribution is 5.86. The van der Waals surface area contributed by atoms with E-state index in [1.54, 1.807) is 6.07 Å². The molecule has 3 heteroatoms. The number of benzene rings is 2. The molecule has 0 aliphatic heterocycles. The molecule has 0 spiro atoms. The summed E-state index contributed by atoms with van der Waals surface area (Å²) in [6.45, 7) is 0. The van der Waals surface area contributed by atoms with Crippen molar-refractivity contribution in [3.63, 3.8) is 0 Å². The van der Waals surface area contributed by atoms with Crippen molar-refractivity contribution in [1.82, 2.24) is 4.57 Å². The largest absolute Gasteiger partial charge is 0.344 e. The highest BCUT2D eigenvalue weighted by Gasteiger charge is 2.09. The molecule has 0 aliphatic carbocycles. The summed E-state index contributed by atoms with van der Waals surface area (Å²) in [5, 5.41) is 1.08. The normalized spacial score (nSPS) is 11.1. The topological polar surface area (TPSA) is 4.93 Å². The Morgan fingerprint density at radius 2 is 1.67 bits per heavy atom. The monoisotopic (exact) mass is 243 g/mol. The SMILES string of the molecule is Cn1c(-c2ccc(F)c(F)c2)cc2ccccc21. The molecule has 1 aromatic heterocycles. The van der Waals surface area contributed by atoms with Crippen molar-refractivity contribution < 1.29 is 8.78 Å². The predicted molar refractivity (Wildman–Crippen MR) is 68.3 cm³/mol. The zero-order valence-corrected chi connectivity index (χ0v) is 9.82. The fraction of sp³-hybridized carbons (Fsp3) is 0.0667. The number of aryl methyl sites for hydroxylation is 1. The third kappa shape index (κ3) is 1.59. The van der Waals surface area contributed by atoms with Gasteiger partial charge in [0.1, 0.15) is 0 Å². The van der Waals surface area contributed by atoms with E-state index in [1.165, 1.54) is 6.07 Å². The van der Waals surface area contributed by atoms with E-state index in [0.29, 0.717) is 5.56 Å². The minimum atomic E-state index is -0.822. The lowest BCUT2D eigenvalue weighted by molar-refractivity contribution is 0.509. The van der Waals surface area contributed by atoms with Crippen molar-refractivity contribution in [1.29, 1.82) is 0 Å². The minimum Gasteiger partial charge on any atom is -0.344 e. The maximum atomic E-state index is 13.3. The van der Waals surface area contributed by atoms with Gasteiger partial charge in [-0.05, 0) is 30.3 Å². The molecule has 1 heterocycles. The van der Waals surface area contributed by atoms with Crippen LogP contribution in [0.5, 0.6) is 0 Å². The molecule has 0 unspecified atom stereocenters. The number of para-hydroxylation sites is 1. The van der Waals surface area contributed by atoms with E-state index < -0.39 is 11.6 Å². The molecule has 90 valence electrons. The molecule has 0 radical (unpaired) electrons. The van der Waals surface area contributed by atoms with E-state index in [9.17, 15) is 8.78 Å². The summed E-state index contributed by atoms with van der Waals surface area (Å²) in [4.78, 5) is 0. The van der Waals surface area contributed by atoms with Gasteiger partial charge in [0.15, 0.2) is 11.6 Å². The van der Waals surface area contributed by atoms with Crippen LogP contribution in [0, 0.1) is 11.6 Å². The molecule has 0 amide bonds. The number of nitrogens with zero attached hydrogens (tertiary/aromatic N) is 1. The van der Waals surface area contributed by atoms with Gasteiger partial charge < -0.3 is 4.57 Å². The first-order valence-electron chi connectivity index (χ1n) is 5.67. The first-order chi connectivity index (χ1) is 8.66. The number of fused-ring (bicyclic) bond motifs is 1. The molecule has 3 rings (SSSR count). The summed E-state index contributed by atoms with van der Waals surface area (Å²) in [5.74, 6) is -1.64.